The first-order chi connectivity index (χ1) is 24.3. The number of allylic oxidation sites excluding steroid dienone is 1. The van der Waals surface area contributed by atoms with E-state index in [0.29, 0.717) is 41.0 Å². The Labute approximate surface area is 297 Å². The van der Waals surface area contributed by atoms with Gasteiger partial charge in [-0.1, -0.05) is 101 Å². The number of benzene rings is 4. The molecule has 1 aliphatic heterocycles. The molecular weight excluding hydrogens is 696 g/mol. The van der Waals surface area contributed by atoms with Crippen LogP contribution in [0.2, 0.25) is 0 Å². The Hall–Kier alpha value is -5.23. The van der Waals surface area contributed by atoms with Gasteiger partial charge in [0.1, 0.15) is 0 Å². The fourth-order valence-corrected chi connectivity index (χ4v) is 6.92. The van der Waals surface area contributed by atoms with E-state index in [1.165, 1.54) is 4.68 Å². The molecule has 1 amide bonds. The minimum atomic E-state index is -1.78. The van der Waals surface area contributed by atoms with E-state index in [0.717, 1.165) is 21.0 Å². The van der Waals surface area contributed by atoms with Gasteiger partial charge in [-0.25, -0.2) is 0 Å². The number of hydrogen-bond donors (Lipinski definition) is 2. The first kappa shape index (κ1) is 33.3. The molecule has 2 N–H and O–H groups in total. The predicted octanol–water partition coefficient (Wildman–Crippen LogP) is 5.88. The third kappa shape index (κ3) is 6.19. The summed E-state index contributed by atoms with van der Waals surface area (Å²) < 4.78 is 3.86. The molecule has 0 aliphatic carbocycles. The summed E-state index contributed by atoms with van der Waals surface area (Å²) in [5.74, 6) is -1.20. The average molecular weight is 732 g/mol. The van der Waals surface area contributed by atoms with Crippen LogP contribution in [0.25, 0.3) is 16.5 Å². The predicted molar refractivity (Wildman–Crippen MR) is 195 cm³/mol. The molecule has 252 valence electrons. The molecule has 0 saturated carbocycles. The second-order valence-electron chi connectivity index (χ2n) is 12.5. The number of aryl methyl sites for hydroxylation is 1. The number of aromatic nitrogens is 5. The summed E-state index contributed by atoms with van der Waals surface area (Å²) in [4.78, 5) is 28.8. The molecular formula is C39H35BrN6O4. The van der Waals surface area contributed by atoms with Crippen LogP contribution in [0.4, 0.5) is 5.69 Å². The van der Waals surface area contributed by atoms with Gasteiger partial charge in [0, 0.05) is 34.1 Å². The summed E-state index contributed by atoms with van der Waals surface area (Å²) in [6.07, 6.45) is 7.92. The summed E-state index contributed by atoms with van der Waals surface area (Å²) in [5, 5.41) is 36.3. The minimum absolute atomic E-state index is 0.0726. The Kier molecular flexibility index (Phi) is 9.28. The number of hydrogen-bond acceptors (Lipinski definition) is 7. The maximum absolute atomic E-state index is 14.1. The standard InChI is InChI=1S/C39H35BrN6O4/c1-26(9-7-8-20-44-24-35(42-43-44)33(25-47)28-10-3-2-4-11-28)39(50)34-21-30(40)16-19-36(34)45(38(39)49)23-27-14-17-31(18-15-27)46-37(48)32-13-6-5-12-29(32)22-41-46/h2-7,9-19,21-22,24,26,33,47,50H,8,20,23,25H2,1H3/b9-7+/t26-,33?,39+/m0/s1. The molecule has 3 heterocycles. The van der Waals surface area contributed by atoms with Gasteiger partial charge in [0.05, 0.1) is 47.7 Å². The molecule has 1 aliphatic rings. The van der Waals surface area contributed by atoms with E-state index in [-0.39, 0.29) is 24.6 Å². The number of rotatable bonds is 11. The monoisotopic (exact) mass is 730 g/mol. The lowest BCUT2D eigenvalue weighted by molar-refractivity contribution is -0.139. The molecule has 1 unspecified atom stereocenters. The van der Waals surface area contributed by atoms with E-state index in [1.807, 2.05) is 110 Å². The normalized spacial score (nSPS) is 17.0. The van der Waals surface area contributed by atoms with Crippen molar-refractivity contribution in [3.8, 4) is 5.69 Å². The molecule has 7 rings (SSSR count). The molecule has 0 spiro atoms. The van der Waals surface area contributed by atoms with Gasteiger partial charge in [-0.2, -0.15) is 9.78 Å². The van der Waals surface area contributed by atoms with Crippen LogP contribution in [-0.2, 0) is 23.5 Å². The Bertz CT molecular complexity index is 2250. The van der Waals surface area contributed by atoms with Gasteiger partial charge in [0.2, 0.25) is 0 Å². The van der Waals surface area contributed by atoms with Crippen LogP contribution < -0.4 is 10.5 Å². The van der Waals surface area contributed by atoms with Crippen molar-refractivity contribution >= 4 is 38.3 Å². The molecule has 11 heteroatoms. The van der Waals surface area contributed by atoms with Gasteiger partial charge < -0.3 is 15.1 Å². The highest BCUT2D eigenvalue weighted by Crippen LogP contribution is 2.46. The maximum atomic E-state index is 14.1. The number of carbonyl (C=O) groups is 1. The van der Waals surface area contributed by atoms with Crippen molar-refractivity contribution in [2.45, 2.75) is 38.0 Å². The fraction of sp³-hybridized carbons (Fsp3) is 0.205. The van der Waals surface area contributed by atoms with Gasteiger partial charge >= 0.3 is 0 Å². The number of halogens is 1. The molecule has 2 aromatic heterocycles. The third-order valence-electron chi connectivity index (χ3n) is 9.36. The average Bonchev–Trinajstić information content (AvgIpc) is 3.69. The number of fused-ring (bicyclic) bond motifs is 2. The van der Waals surface area contributed by atoms with Crippen molar-refractivity contribution < 1.29 is 15.0 Å². The molecule has 0 saturated heterocycles. The van der Waals surface area contributed by atoms with Crippen LogP contribution in [0, 0.1) is 5.92 Å². The lowest BCUT2D eigenvalue weighted by Crippen LogP contribution is -2.44. The maximum Gasteiger partial charge on any atom is 0.279 e. The van der Waals surface area contributed by atoms with E-state index in [4.69, 9.17) is 0 Å². The number of anilines is 1. The van der Waals surface area contributed by atoms with Gasteiger partial charge in [0.15, 0.2) is 5.60 Å². The second-order valence-corrected chi connectivity index (χ2v) is 13.4. The molecule has 0 radical (unpaired) electrons. The SMILES string of the molecule is C[C@@H](/C=C/CCn1cc(C(CO)c2ccccc2)nn1)[C@]1(O)C(=O)N(Cc2ccc(-n3ncc4ccccc4c3=O)cc2)c2ccc(Br)cc21. The molecule has 6 aromatic rings. The van der Waals surface area contributed by atoms with E-state index in [1.54, 1.807) is 27.9 Å². The van der Waals surface area contributed by atoms with Crippen molar-refractivity contribution in [3.63, 3.8) is 0 Å². The molecule has 0 bridgehead atoms. The van der Waals surface area contributed by atoms with Crippen LogP contribution in [0.5, 0.6) is 0 Å². The number of carbonyl (C=O) groups excluding carboxylic acids is 1. The first-order valence-corrected chi connectivity index (χ1v) is 17.2. The van der Waals surface area contributed by atoms with Crippen molar-refractivity contribution in [2.24, 2.45) is 5.92 Å². The lowest BCUT2D eigenvalue weighted by atomic mass is 9.83. The van der Waals surface area contributed by atoms with Crippen LogP contribution >= 0.6 is 15.9 Å². The topological polar surface area (TPSA) is 126 Å². The summed E-state index contributed by atoms with van der Waals surface area (Å²) in [6.45, 7) is 2.54. The highest BCUT2D eigenvalue weighted by atomic mass is 79.9. The smallest absolute Gasteiger partial charge is 0.279 e. The van der Waals surface area contributed by atoms with Gasteiger partial charge in [0.25, 0.3) is 11.5 Å². The Morgan fingerprint density at radius 1 is 0.960 bits per heavy atom. The largest absolute Gasteiger partial charge is 0.395 e. The summed E-state index contributed by atoms with van der Waals surface area (Å²) in [6, 6.07) is 29.9. The van der Waals surface area contributed by atoms with Crippen molar-refractivity contribution in [1.29, 1.82) is 0 Å². The van der Waals surface area contributed by atoms with Crippen LogP contribution in [0.1, 0.15) is 41.6 Å². The first-order valence-electron chi connectivity index (χ1n) is 16.4. The number of amides is 1. The Balaban J connectivity index is 1.05. The van der Waals surface area contributed by atoms with E-state index < -0.39 is 17.4 Å². The molecule has 0 fully saturated rings. The number of nitrogens with zero attached hydrogens (tertiary/aromatic N) is 6. The minimum Gasteiger partial charge on any atom is -0.395 e. The van der Waals surface area contributed by atoms with Crippen molar-refractivity contribution in [3.05, 3.63) is 159 Å². The zero-order valence-corrected chi connectivity index (χ0v) is 28.9. The van der Waals surface area contributed by atoms with Gasteiger partial charge in [-0.15, -0.1) is 5.10 Å². The molecule has 3 atom stereocenters. The highest BCUT2D eigenvalue weighted by Gasteiger charge is 2.52. The van der Waals surface area contributed by atoms with E-state index >= 15 is 0 Å². The molecule has 50 heavy (non-hydrogen) atoms. The van der Waals surface area contributed by atoms with Crippen LogP contribution in [0.15, 0.2) is 131 Å². The summed E-state index contributed by atoms with van der Waals surface area (Å²) >= 11 is 3.52. The van der Waals surface area contributed by atoms with E-state index in [9.17, 15) is 19.8 Å². The molecule has 10 nitrogen and oxygen atoms in total. The Morgan fingerprint density at radius 2 is 1.72 bits per heavy atom. The third-order valence-corrected chi connectivity index (χ3v) is 9.85. The van der Waals surface area contributed by atoms with E-state index in [2.05, 4.69) is 31.3 Å². The zero-order chi connectivity index (χ0) is 34.8. The summed E-state index contributed by atoms with van der Waals surface area (Å²) in [5.41, 5.74) is 2.31. The van der Waals surface area contributed by atoms with Crippen LogP contribution in [0.3, 0.4) is 0 Å². The Morgan fingerprint density at radius 3 is 2.50 bits per heavy atom. The van der Waals surface area contributed by atoms with Crippen LogP contribution in [-0.4, -0.2) is 47.5 Å². The number of aliphatic hydroxyl groups is 2. The molecule has 4 aromatic carbocycles. The van der Waals surface area contributed by atoms with Crippen molar-refractivity contribution in [2.75, 3.05) is 11.5 Å². The fourth-order valence-electron chi connectivity index (χ4n) is 6.56. The van der Waals surface area contributed by atoms with Crippen molar-refractivity contribution in [1.82, 2.24) is 24.8 Å². The van der Waals surface area contributed by atoms with Gasteiger partial charge in [-0.05, 0) is 53.9 Å². The number of aliphatic hydroxyl groups excluding tert-OH is 1. The zero-order valence-electron chi connectivity index (χ0n) is 27.3. The summed E-state index contributed by atoms with van der Waals surface area (Å²) in [7, 11) is 0. The quantitative estimate of drug-likeness (QED) is 0.160. The lowest BCUT2D eigenvalue weighted by Gasteiger charge is -2.27. The van der Waals surface area contributed by atoms with Gasteiger partial charge in [-0.3, -0.25) is 14.3 Å². The highest BCUT2D eigenvalue weighted by molar-refractivity contribution is 9.10. The second kappa shape index (κ2) is 13.9.